The molecule has 2 rings (SSSR count). The van der Waals surface area contributed by atoms with E-state index >= 15 is 0 Å². The molecule has 1 aromatic rings. The highest BCUT2D eigenvalue weighted by Crippen LogP contribution is 2.16. The summed E-state index contributed by atoms with van der Waals surface area (Å²) in [6, 6.07) is 2.17. The third-order valence-corrected chi connectivity index (χ3v) is 5.71. The van der Waals surface area contributed by atoms with Gasteiger partial charge in [0.1, 0.15) is 4.90 Å². The number of hydrogen-bond donors (Lipinski definition) is 1. The largest absolute Gasteiger partial charge is 0.301 e. The monoisotopic (exact) mass is 375 g/mol. The van der Waals surface area contributed by atoms with Gasteiger partial charge in [0.05, 0.1) is 0 Å². The van der Waals surface area contributed by atoms with Crippen LogP contribution in [-0.2, 0) is 10.0 Å². The summed E-state index contributed by atoms with van der Waals surface area (Å²) in [6.45, 7) is 4.78. The SMILES string of the molecule is CC1CCCCN1CCCNS(=O)(=O)c1cncc(Br)c1. The fourth-order valence-electron chi connectivity index (χ4n) is 2.60. The van der Waals surface area contributed by atoms with Gasteiger partial charge in [-0.05, 0) is 61.3 Å². The molecule has 1 aromatic heterocycles. The van der Waals surface area contributed by atoms with Crippen molar-refractivity contribution < 1.29 is 8.42 Å². The predicted molar refractivity (Wildman–Crippen MR) is 86.6 cm³/mol. The van der Waals surface area contributed by atoms with Crippen molar-refractivity contribution in [1.29, 1.82) is 0 Å². The Balaban J connectivity index is 1.80. The summed E-state index contributed by atoms with van der Waals surface area (Å²) in [5, 5.41) is 0. The average molecular weight is 376 g/mol. The molecule has 0 bridgehead atoms. The predicted octanol–water partition coefficient (Wildman–Crippen LogP) is 2.39. The lowest BCUT2D eigenvalue weighted by atomic mass is 10.0. The molecule has 1 aliphatic heterocycles. The maximum atomic E-state index is 12.1. The van der Waals surface area contributed by atoms with Crippen LogP contribution >= 0.6 is 15.9 Å². The first-order chi connectivity index (χ1) is 9.99. The molecule has 1 saturated heterocycles. The van der Waals surface area contributed by atoms with Crippen LogP contribution in [0.3, 0.4) is 0 Å². The van der Waals surface area contributed by atoms with Gasteiger partial charge in [-0.15, -0.1) is 0 Å². The van der Waals surface area contributed by atoms with Gasteiger partial charge >= 0.3 is 0 Å². The van der Waals surface area contributed by atoms with Gasteiger partial charge in [0.2, 0.25) is 10.0 Å². The minimum absolute atomic E-state index is 0.197. The highest BCUT2D eigenvalue weighted by Gasteiger charge is 2.18. The van der Waals surface area contributed by atoms with Crippen LogP contribution in [0.25, 0.3) is 0 Å². The zero-order chi connectivity index (χ0) is 15.3. The fourth-order valence-corrected chi connectivity index (χ4v) is 4.18. The third-order valence-electron chi connectivity index (χ3n) is 3.84. The van der Waals surface area contributed by atoms with Crippen LogP contribution in [0.4, 0.5) is 0 Å². The molecule has 1 fully saturated rings. The Bertz CT molecular complexity index is 565. The van der Waals surface area contributed by atoms with E-state index in [1.807, 2.05) is 0 Å². The number of rotatable bonds is 6. The summed E-state index contributed by atoms with van der Waals surface area (Å²) in [5.74, 6) is 0. The normalized spacial score (nSPS) is 20.6. The Morgan fingerprint density at radius 3 is 2.95 bits per heavy atom. The van der Waals surface area contributed by atoms with Gasteiger partial charge < -0.3 is 4.90 Å². The Labute approximate surface area is 135 Å². The smallest absolute Gasteiger partial charge is 0.242 e. The van der Waals surface area contributed by atoms with E-state index in [1.54, 1.807) is 12.3 Å². The molecule has 5 nitrogen and oxygen atoms in total. The summed E-state index contributed by atoms with van der Waals surface area (Å²) in [5.41, 5.74) is 0. The van der Waals surface area contributed by atoms with Crippen LogP contribution in [0.2, 0.25) is 0 Å². The number of nitrogens with zero attached hydrogens (tertiary/aromatic N) is 2. The quantitative estimate of drug-likeness (QED) is 0.775. The molecule has 0 saturated carbocycles. The molecule has 0 radical (unpaired) electrons. The Hall–Kier alpha value is -0.500. The zero-order valence-corrected chi connectivity index (χ0v) is 14.7. The minimum Gasteiger partial charge on any atom is -0.301 e. The number of hydrogen-bond acceptors (Lipinski definition) is 4. The van der Waals surface area contributed by atoms with Crippen LogP contribution in [0.5, 0.6) is 0 Å². The van der Waals surface area contributed by atoms with Crippen LogP contribution in [0, 0.1) is 0 Å². The number of aromatic nitrogens is 1. The van der Waals surface area contributed by atoms with Crippen LogP contribution < -0.4 is 4.72 Å². The van der Waals surface area contributed by atoms with E-state index in [1.165, 1.54) is 25.5 Å². The second kappa shape index (κ2) is 7.67. The minimum atomic E-state index is -3.46. The molecule has 1 atom stereocenters. The summed E-state index contributed by atoms with van der Waals surface area (Å²) in [6.07, 6.45) is 7.55. The van der Waals surface area contributed by atoms with Crippen LogP contribution in [-0.4, -0.2) is 44.0 Å². The number of piperidine rings is 1. The number of likely N-dealkylation sites (tertiary alicyclic amines) is 1. The van der Waals surface area contributed by atoms with Crippen molar-refractivity contribution >= 4 is 26.0 Å². The lowest BCUT2D eigenvalue weighted by Gasteiger charge is -2.33. The van der Waals surface area contributed by atoms with Gasteiger partial charge in [-0.25, -0.2) is 13.1 Å². The van der Waals surface area contributed by atoms with E-state index in [0.29, 0.717) is 17.1 Å². The van der Waals surface area contributed by atoms with E-state index in [-0.39, 0.29) is 4.90 Å². The van der Waals surface area contributed by atoms with Gasteiger partial charge in [0.15, 0.2) is 0 Å². The van der Waals surface area contributed by atoms with Gasteiger partial charge in [-0.2, -0.15) is 0 Å². The number of nitrogens with one attached hydrogen (secondary N) is 1. The molecule has 2 heterocycles. The van der Waals surface area contributed by atoms with Crippen molar-refractivity contribution in [2.24, 2.45) is 0 Å². The van der Waals surface area contributed by atoms with Gasteiger partial charge in [-0.1, -0.05) is 6.42 Å². The van der Waals surface area contributed by atoms with Gasteiger partial charge in [0, 0.05) is 29.5 Å². The number of sulfonamides is 1. The number of pyridine rings is 1. The molecular weight excluding hydrogens is 354 g/mol. The first-order valence-corrected chi connectivity index (χ1v) is 9.61. The molecule has 21 heavy (non-hydrogen) atoms. The van der Waals surface area contributed by atoms with Crippen molar-refractivity contribution in [3.05, 3.63) is 22.9 Å². The second-order valence-electron chi connectivity index (χ2n) is 5.47. The van der Waals surface area contributed by atoms with E-state index < -0.39 is 10.0 Å². The average Bonchev–Trinajstić information content (AvgIpc) is 2.45. The van der Waals surface area contributed by atoms with Crippen molar-refractivity contribution in [3.8, 4) is 0 Å². The number of halogens is 1. The molecule has 0 spiro atoms. The molecule has 0 amide bonds. The lowest BCUT2D eigenvalue weighted by molar-refractivity contribution is 0.159. The topological polar surface area (TPSA) is 62.3 Å². The van der Waals surface area contributed by atoms with Crippen molar-refractivity contribution in [3.63, 3.8) is 0 Å². The van der Waals surface area contributed by atoms with Gasteiger partial charge in [-0.3, -0.25) is 4.98 Å². The Morgan fingerprint density at radius 1 is 1.43 bits per heavy atom. The van der Waals surface area contributed by atoms with Crippen LogP contribution in [0.15, 0.2) is 27.8 Å². The molecule has 0 aromatic carbocycles. The summed E-state index contributed by atoms with van der Waals surface area (Å²) >= 11 is 3.23. The highest BCUT2D eigenvalue weighted by molar-refractivity contribution is 9.10. The second-order valence-corrected chi connectivity index (χ2v) is 8.15. The highest BCUT2D eigenvalue weighted by atomic mass is 79.9. The first kappa shape index (κ1) is 16.9. The maximum absolute atomic E-state index is 12.1. The van der Waals surface area contributed by atoms with E-state index in [2.05, 4.69) is 37.5 Å². The Morgan fingerprint density at radius 2 is 2.24 bits per heavy atom. The van der Waals surface area contributed by atoms with Crippen LogP contribution in [0.1, 0.15) is 32.6 Å². The third kappa shape index (κ3) is 5.02. The molecule has 1 unspecified atom stereocenters. The van der Waals surface area contributed by atoms with E-state index in [9.17, 15) is 8.42 Å². The summed E-state index contributed by atoms with van der Waals surface area (Å²) in [7, 11) is -3.46. The maximum Gasteiger partial charge on any atom is 0.242 e. The summed E-state index contributed by atoms with van der Waals surface area (Å²) in [4.78, 5) is 6.53. The van der Waals surface area contributed by atoms with E-state index in [4.69, 9.17) is 0 Å². The fraction of sp³-hybridized carbons (Fsp3) is 0.643. The zero-order valence-electron chi connectivity index (χ0n) is 12.3. The molecule has 7 heteroatoms. The lowest BCUT2D eigenvalue weighted by Crippen LogP contribution is -2.39. The molecule has 1 N–H and O–H groups in total. The summed E-state index contributed by atoms with van der Waals surface area (Å²) < 4.78 is 27.5. The Kier molecular flexibility index (Phi) is 6.16. The van der Waals surface area contributed by atoms with Crippen molar-refractivity contribution in [2.75, 3.05) is 19.6 Å². The molecular formula is C14H22BrN3O2S. The van der Waals surface area contributed by atoms with Crippen molar-refractivity contribution in [2.45, 2.75) is 43.5 Å². The van der Waals surface area contributed by atoms with Crippen molar-refractivity contribution in [1.82, 2.24) is 14.6 Å². The molecule has 118 valence electrons. The first-order valence-electron chi connectivity index (χ1n) is 7.33. The molecule has 1 aliphatic rings. The van der Waals surface area contributed by atoms with Gasteiger partial charge in [0.25, 0.3) is 0 Å². The molecule has 0 aliphatic carbocycles. The standard InChI is InChI=1S/C14H22BrN3O2S/c1-12-5-2-3-7-18(12)8-4-6-17-21(19,20)14-9-13(15)10-16-11-14/h9-12,17H,2-8H2,1H3. The van der Waals surface area contributed by atoms with E-state index in [0.717, 1.165) is 19.5 Å².